The average molecular weight is 231 g/mol. The number of unbranched alkanes of at least 4 members (excludes halogenated alkanes) is 1. The highest BCUT2D eigenvalue weighted by Crippen LogP contribution is 1.91. The molecule has 16 heavy (non-hydrogen) atoms. The third-order valence-corrected chi connectivity index (χ3v) is 2.22. The second-order valence-electron chi connectivity index (χ2n) is 4.40. The Morgan fingerprint density at radius 2 is 1.75 bits per heavy atom. The first-order valence-corrected chi connectivity index (χ1v) is 6.76. The highest BCUT2D eigenvalue weighted by Gasteiger charge is 1.97. The average Bonchev–Trinajstić information content (AvgIpc) is 2.27. The Bertz CT molecular complexity index is 116. The molecule has 0 amide bonds. The second-order valence-corrected chi connectivity index (χ2v) is 4.40. The van der Waals surface area contributed by atoms with Gasteiger partial charge < -0.3 is 16.0 Å². The van der Waals surface area contributed by atoms with Gasteiger partial charge in [0.05, 0.1) is 0 Å². The molecule has 0 aliphatic rings. The molecule has 0 aromatic carbocycles. The van der Waals surface area contributed by atoms with Gasteiger partial charge in [0.15, 0.2) is 0 Å². The van der Waals surface area contributed by atoms with Crippen LogP contribution in [0.4, 0.5) is 0 Å². The molecule has 100 valence electrons. The van der Waals surface area contributed by atoms with Crippen LogP contribution in [0.1, 0.15) is 40.5 Å². The van der Waals surface area contributed by atoms with Crippen molar-refractivity contribution in [3.63, 3.8) is 0 Å². The third kappa shape index (κ3) is 16.3. The van der Waals surface area contributed by atoms with Crippen molar-refractivity contribution in [3.05, 3.63) is 0 Å². The lowest BCUT2D eigenvalue weighted by molar-refractivity contribution is 0.322. The summed E-state index contributed by atoms with van der Waals surface area (Å²) in [5.74, 6) is 0.748. The highest BCUT2D eigenvalue weighted by atomic mass is 15.1. The molecule has 3 nitrogen and oxygen atoms in total. The first-order chi connectivity index (χ1) is 7.66. The van der Waals surface area contributed by atoms with Crippen LogP contribution in [0.5, 0.6) is 0 Å². The van der Waals surface area contributed by atoms with Crippen molar-refractivity contribution in [2.45, 2.75) is 40.5 Å². The van der Waals surface area contributed by atoms with E-state index in [0.717, 1.165) is 38.5 Å². The quantitative estimate of drug-likeness (QED) is 0.596. The zero-order valence-electron chi connectivity index (χ0n) is 12.1. The van der Waals surface area contributed by atoms with E-state index >= 15 is 0 Å². The first-order valence-electron chi connectivity index (χ1n) is 6.76. The van der Waals surface area contributed by atoms with Crippen molar-refractivity contribution in [1.29, 1.82) is 0 Å². The minimum Gasteiger partial charge on any atom is -0.330 e. The monoisotopic (exact) mass is 231 g/mol. The molecule has 0 heterocycles. The van der Waals surface area contributed by atoms with Crippen LogP contribution < -0.4 is 11.1 Å². The summed E-state index contributed by atoms with van der Waals surface area (Å²) in [7, 11) is 2.17. The number of nitrogens with one attached hydrogen (secondary N) is 1. The largest absolute Gasteiger partial charge is 0.330 e. The Morgan fingerprint density at radius 3 is 2.25 bits per heavy atom. The standard InChI is InChI=1S/C11H27N3.C2H6/c1-11(2)10-13-7-9-14(3)8-5-4-6-12;1-2/h11,13H,4-10,12H2,1-3H3;1-2H3. The Kier molecular flexibility index (Phi) is 17.0. The van der Waals surface area contributed by atoms with Crippen LogP contribution in [0.2, 0.25) is 0 Å². The predicted molar refractivity (Wildman–Crippen MR) is 74.8 cm³/mol. The van der Waals surface area contributed by atoms with E-state index < -0.39 is 0 Å². The van der Waals surface area contributed by atoms with Crippen molar-refractivity contribution < 1.29 is 0 Å². The second kappa shape index (κ2) is 14.9. The topological polar surface area (TPSA) is 41.3 Å². The fourth-order valence-electron chi connectivity index (χ4n) is 1.30. The summed E-state index contributed by atoms with van der Waals surface area (Å²) >= 11 is 0. The van der Waals surface area contributed by atoms with Crippen molar-refractivity contribution in [2.24, 2.45) is 11.7 Å². The van der Waals surface area contributed by atoms with Crippen molar-refractivity contribution >= 4 is 0 Å². The predicted octanol–water partition coefficient (Wildman–Crippen LogP) is 1.93. The van der Waals surface area contributed by atoms with Gasteiger partial charge in [-0.2, -0.15) is 0 Å². The minimum absolute atomic E-state index is 0.748. The van der Waals surface area contributed by atoms with E-state index in [9.17, 15) is 0 Å². The Labute approximate surface area is 103 Å². The smallest absolute Gasteiger partial charge is 0.0104 e. The van der Waals surface area contributed by atoms with Crippen LogP contribution in [-0.4, -0.2) is 44.7 Å². The fraction of sp³-hybridized carbons (Fsp3) is 1.00. The molecule has 0 spiro atoms. The number of hydrogen-bond acceptors (Lipinski definition) is 3. The lowest BCUT2D eigenvalue weighted by atomic mass is 10.2. The van der Waals surface area contributed by atoms with Crippen LogP contribution >= 0.6 is 0 Å². The van der Waals surface area contributed by atoms with Crippen LogP contribution in [0, 0.1) is 5.92 Å². The molecule has 3 N–H and O–H groups in total. The molecule has 0 aliphatic heterocycles. The lowest BCUT2D eigenvalue weighted by Gasteiger charge is -2.17. The van der Waals surface area contributed by atoms with Crippen LogP contribution in [0.25, 0.3) is 0 Å². The summed E-state index contributed by atoms with van der Waals surface area (Å²) in [6.45, 7) is 13.8. The van der Waals surface area contributed by atoms with E-state index in [0.29, 0.717) is 0 Å². The van der Waals surface area contributed by atoms with Crippen LogP contribution in [0.3, 0.4) is 0 Å². The molecule has 0 aromatic heterocycles. The van der Waals surface area contributed by atoms with Gasteiger partial charge in [-0.05, 0) is 45.4 Å². The number of likely N-dealkylation sites (N-methyl/N-ethyl adjacent to an activating group) is 1. The molecular weight excluding hydrogens is 198 g/mol. The molecule has 0 atom stereocenters. The number of nitrogens with zero attached hydrogens (tertiary/aromatic N) is 1. The van der Waals surface area contributed by atoms with Crippen molar-refractivity contribution in [3.8, 4) is 0 Å². The Balaban J connectivity index is 0. The van der Waals surface area contributed by atoms with E-state index in [1.807, 2.05) is 13.8 Å². The maximum Gasteiger partial charge on any atom is 0.0104 e. The van der Waals surface area contributed by atoms with Gasteiger partial charge in [-0.1, -0.05) is 27.7 Å². The Morgan fingerprint density at radius 1 is 1.12 bits per heavy atom. The maximum atomic E-state index is 5.44. The van der Waals surface area contributed by atoms with Crippen LogP contribution in [-0.2, 0) is 0 Å². The first kappa shape index (κ1) is 18.3. The molecule has 0 aromatic rings. The van der Waals surface area contributed by atoms with Gasteiger partial charge in [0.2, 0.25) is 0 Å². The molecule has 0 radical (unpaired) electrons. The number of nitrogens with two attached hydrogens (primary N) is 1. The molecule has 0 saturated heterocycles. The molecule has 0 aliphatic carbocycles. The maximum absolute atomic E-state index is 5.44. The number of rotatable bonds is 9. The SMILES string of the molecule is CC.CC(C)CNCCN(C)CCCCN. The molecule has 3 heteroatoms. The van der Waals surface area contributed by atoms with Crippen molar-refractivity contribution in [1.82, 2.24) is 10.2 Å². The lowest BCUT2D eigenvalue weighted by Crippen LogP contribution is -2.31. The summed E-state index contributed by atoms with van der Waals surface area (Å²) in [5.41, 5.74) is 5.44. The zero-order valence-corrected chi connectivity index (χ0v) is 12.1. The fourth-order valence-corrected chi connectivity index (χ4v) is 1.30. The summed E-state index contributed by atoms with van der Waals surface area (Å²) in [4.78, 5) is 2.36. The summed E-state index contributed by atoms with van der Waals surface area (Å²) in [5, 5.41) is 3.44. The molecule has 0 unspecified atom stereocenters. The van der Waals surface area contributed by atoms with Crippen molar-refractivity contribution in [2.75, 3.05) is 39.8 Å². The highest BCUT2D eigenvalue weighted by molar-refractivity contribution is 4.56. The molecule has 0 rings (SSSR count). The third-order valence-electron chi connectivity index (χ3n) is 2.22. The summed E-state index contributed by atoms with van der Waals surface area (Å²) < 4.78 is 0. The summed E-state index contributed by atoms with van der Waals surface area (Å²) in [6, 6.07) is 0. The minimum atomic E-state index is 0.748. The summed E-state index contributed by atoms with van der Waals surface area (Å²) in [6.07, 6.45) is 2.36. The van der Waals surface area contributed by atoms with Gasteiger partial charge in [0.1, 0.15) is 0 Å². The number of hydrogen-bond donors (Lipinski definition) is 2. The van der Waals surface area contributed by atoms with E-state index in [4.69, 9.17) is 5.73 Å². The van der Waals surface area contributed by atoms with Gasteiger partial charge in [-0.3, -0.25) is 0 Å². The van der Waals surface area contributed by atoms with E-state index in [2.05, 4.69) is 31.1 Å². The van der Waals surface area contributed by atoms with E-state index in [1.54, 1.807) is 0 Å². The van der Waals surface area contributed by atoms with Crippen LogP contribution in [0.15, 0.2) is 0 Å². The van der Waals surface area contributed by atoms with Gasteiger partial charge in [-0.15, -0.1) is 0 Å². The molecule has 0 bridgehead atoms. The van der Waals surface area contributed by atoms with E-state index in [-0.39, 0.29) is 0 Å². The molecular formula is C13H33N3. The normalized spacial score (nSPS) is 10.5. The van der Waals surface area contributed by atoms with Gasteiger partial charge >= 0.3 is 0 Å². The van der Waals surface area contributed by atoms with Gasteiger partial charge in [-0.25, -0.2) is 0 Å². The molecule has 0 saturated carbocycles. The van der Waals surface area contributed by atoms with Gasteiger partial charge in [0, 0.05) is 13.1 Å². The zero-order chi connectivity index (χ0) is 12.8. The van der Waals surface area contributed by atoms with Gasteiger partial charge in [0.25, 0.3) is 0 Å². The molecule has 0 fully saturated rings. The Hall–Kier alpha value is -0.120. The van der Waals surface area contributed by atoms with E-state index in [1.165, 1.54) is 13.0 Å².